The SMILES string of the molecule is CNC(=O)O[C@H]1CC[C@H](C(=O)N(C[C@H]2CC[C@H](c3ccc(OC)c(C)n3)CC2)c2cc(-c3cnc(C(C)C)s3)ccn2)CC1. The number of nitrogens with zero attached hydrogens (tertiary/aromatic N) is 4. The minimum Gasteiger partial charge on any atom is -0.495 e. The molecule has 3 aromatic heterocycles. The molecule has 0 unspecified atom stereocenters. The maximum absolute atomic E-state index is 14.2. The molecule has 5 rings (SSSR count). The number of methoxy groups -OCH3 is 1. The maximum Gasteiger partial charge on any atom is 0.407 e. The van der Waals surface area contributed by atoms with Crippen LogP contribution in [0.25, 0.3) is 10.4 Å². The van der Waals surface area contributed by atoms with Crippen LogP contribution in [0.15, 0.2) is 36.7 Å². The molecule has 3 aromatic rings. The highest BCUT2D eigenvalue weighted by Crippen LogP contribution is 2.38. The molecule has 1 N–H and O–H groups in total. The van der Waals surface area contributed by atoms with E-state index in [4.69, 9.17) is 19.4 Å². The second kappa shape index (κ2) is 14.5. The fraction of sp³-hybridized carbons (Fsp3) is 0.559. The first-order valence-electron chi connectivity index (χ1n) is 15.9. The second-order valence-corrected chi connectivity index (χ2v) is 13.5. The lowest BCUT2D eigenvalue weighted by Gasteiger charge is -2.35. The number of hydrogen-bond acceptors (Lipinski definition) is 8. The Bertz CT molecular complexity index is 1430. The first-order chi connectivity index (χ1) is 21.2. The van der Waals surface area contributed by atoms with Gasteiger partial charge >= 0.3 is 6.09 Å². The molecular weight excluding hydrogens is 574 g/mol. The van der Waals surface area contributed by atoms with Crippen molar-refractivity contribution in [2.45, 2.75) is 90.1 Å². The van der Waals surface area contributed by atoms with Crippen LogP contribution in [-0.4, -0.2) is 53.8 Å². The van der Waals surface area contributed by atoms with E-state index in [-0.39, 0.29) is 17.9 Å². The molecule has 9 nitrogen and oxygen atoms in total. The summed E-state index contributed by atoms with van der Waals surface area (Å²) in [6.45, 7) is 6.93. The molecule has 0 spiro atoms. The molecule has 44 heavy (non-hydrogen) atoms. The Morgan fingerprint density at radius 3 is 2.43 bits per heavy atom. The zero-order valence-corrected chi connectivity index (χ0v) is 27.4. The van der Waals surface area contributed by atoms with Gasteiger partial charge in [0.1, 0.15) is 17.7 Å². The van der Waals surface area contributed by atoms with Gasteiger partial charge in [-0.3, -0.25) is 14.7 Å². The van der Waals surface area contributed by atoms with E-state index in [0.717, 1.165) is 58.3 Å². The summed E-state index contributed by atoms with van der Waals surface area (Å²) < 4.78 is 10.9. The molecule has 2 saturated carbocycles. The quantitative estimate of drug-likeness (QED) is 0.269. The molecule has 236 valence electrons. The van der Waals surface area contributed by atoms with Gasteiger partial charge in [-0.15, -0.1) is 11.3 Å². The number of hydrogen-bond donors (Lipinski definition) is 1. The third kappa shape index (κ3) is 7.57. The molecule has 2 amide bonds. The van der Waals surface area contributed by atoms with Gasteiger partial charge in [-0.2, -0.15) is 0 Å². The summed E-state index contributed by atoms with van der Waals surface area (Å²) >= 11 is 1.69. The number of amides is 2. The minimum atomic E-state index is -0.415. The fourth-order valence-corrected chi connectivity index (χ4v) is 7.39. The van der Waals surface area contributed by atoms with E-state index in [1.54, 1.807) is 25.5 Å². The number of alkyl carbamates (subject to hydrolysis) is 1. The van der Waals surface area contributed by atoms with Crippen molar-refractivity contribution in [2.24, 2.45) is 11.8 Å². The van der Waals surface area contributed by atoms with Gasteiger partial charge in [0.15, 0.2) is 0 Å². The average Bonchev–Trinajstić information content (AvgIpc) is 3.55. The molecule has 0 atom stereocenters. The van der Waals surface area contributed by atoms with Crippen molar-refractivity contribution >= 4 is 29.2 Å². The van der Waals surface area contributed by atoms with Gasteiger partial charge in [0.05, 0.1) is 22.7 Å². The molecule has 2 aliphatic rings. The molecular formula is C34H45N5O4S. The number of carbonyl (C=O) groups excluding carboxylic acids is 2. The van der Waals surface area contributed by atoms with Crippen molar-refractivity contribution in [1.82, 2.24) is 20.3 Å². The van der Waals surface area contributed by atoms with Gasteiger partial charge in [0.2, 0.25) is 5.91 Å². The summed E-state index contributed by atoms with van der Waals surface area (Å²) in [7, 11) is 3.24. The van der Waals surface area contributed by atoms with Gasteiger partial charge < -0.3 is 14.8 Å². The summed E-state index contributed by atoms with van der Waals surface area (Å²) in [5, 5.41) is 3.62. The van der Waals surface area contributed by atoms with E-state index in [0.29, 0.717) is 55.8 Å². The van der Waals surface area contributed by atoms with Crippen molar-refractivity contribution in [3.05, 3.63) is 53.1 Å². The first-order valence-corrected chi connectivity index (χ1v) is 16.7. The van der Waals surface area contributed by atoms with Crippen LogP contribution in [0.1, 0.15) is 93.4 Å². The monoisotopic (exact) mass is 619 g/mol. The van der Waals surface area contributed by atoms with Gasteiger partial charge in [-0.1, -0.05) is 13.8 Å². The van der Waals surface area contributed by atoms with Crippen LogP contribution < -0.4 is 15.0 Å². The van der Waals surface area contributed by atoms with Crippen molar-refractivity contribution < 1.29 is 19.1 Å². The Morgan fingerprint density at radius 1 is 1.05 bits per heavy atom. The maximum atomic E-state index is 14.2. The minimum absolute atomic E-state index is 0.120. The van der Waals surface area contributed by atoms with Crippen molar-refractivity contribution in [3.63, 3.8) is 0 Å². The number of pyridine rings is 2. The zero-order chi connectivity index (χ0) is 31.2. The Morgan fingerprint density at radius 2 is 1.80 bits per heavy atom. The Balaban J connectivity index is 1.32. The van der Waals surface area contributed by atoms with E-state index < -0.39 is 6.09 Å². The molecule has 2 fully saturated rings. The average molecular weight is 620 g/mol. The van der Waals surface area contributed by atoms with Crippen LogP contribution in [0.5, 0.6) is 5.75 Å². The summed E-state index contributed by atoms with van der Waals surface area (Å²) in [4.78, 5) is 43.1. The van der Waals surface area contributed by atoms with E-state index >= 15 is 0 Å². The summed E-state index contributed by atoms with van der Waals surface area (Å²) in [6, 6.07) is 8.16. The molecule has 0 aliphatic heterocycles. The number of aryl methyl sites for hydroxylation is 1. The smallest absolute Gasteiger partial charge is 0.407 e. The zero-order valence-electron chi connectivity index (χ0n) is 26.5. The van der Waals surface area contributed by atoms with Gasteiger partial charge in [-0.05, 0) is 94.0 Å². The number of thiazole rings is 1. The molecule has 0 radical (unpaired) electrons. The number of rotatable bonds is 9. The lowest BCUT2D eigenvalue weighted by molar-refractivity contribution is -0.124. The van der Waals surface area contributed by atoms with Gasteiger partial charge in [0.25, 0.3) is 0 Å². The van der Waals surface area contributed by atoms with Crippen LogP contribution in [-0.2, 0) is 9.53 Å². The van der Waals surface area contributed by atoms with E-state index in [2.05, 4.69) is 30.2 Å². The number of carbonyl (C=O) groups is 2. The summed E-state index contributed by atoms with van der Waals surface area (Å²) in [5.41, 5.74) is 3.08. The van der Waals surface area contributed by atoms with Crippen LogP contribution in [0.3, 0.4) is 0 Å². The third-order valence-electron chi connectivity index (χ3n) is 9.08. The summed E-state index contributed by atoms with van der Waals surface area (Å²) in [5.74, 6) is 2.67. The lowest BCUT2D eigenvalue weighted by atomic mass is 9.79. The van der Waals surface area contributed by atoms with E-state index in [1.165, 1.54) is 0 Å². The number of nitrogens with one attached hydrogen (secondary N) is 1. The molecule has 2 aliphatic carbocycles. The molecule has 0 aromatic carbocycles. The molecule has 10 heteroatoms. The standard InChI is InChI=1S/C34H45N5O4S/c1-21(2)32-37-19-30(44-32)26-16-17-36-31(18-26)39(33(40)25-10-12-27(13-11-25)43-34(41)35-4)20-23-6-8-24(9-7-23)28-14-15-29(42-5)22(3)38-28/h14-19,21,23-25,27H,6-13,20H2,1-5H3,(H,35,41)/t23-,24-,25-,27-. The summed E-state index contributed by atoms with van der Waals surface area (Å²) in [6.07, 6.45) is 10.1. The van der Waals surface area contributed by atoms with Crippen LogP contribution in [0, 0.1) is 18.8 Å². The highest BCUT2D eigenvalue weighted by atomic mass is 32.1. The highest BCUT2D eigenvalue weighted by molar-refractivity contribution is 7.15. The van der Waals surface area contributed by atoms with Gasteiger partial charge in [0, 0.05) is 49.4 Å². The van der Waals surface area contributed by atoms with Crippen molar-refractivity contribution in [1.29, 1.82) is 0 Å². The molecule has 0 bridgehead atoms. The Hall–Kier alpha value is -3.53. The lowest BCUT2D eigenvalue weighted by Crippen LogP contribution is -2.42. The predicted molar refractivity (Wildman–Crippen MR) is 173 cm³/mol. The Labute approximate surface area is 264 Å². The predicted octanol–water partition coefficient (Wildman–Crippen LogP) is 7.26. The van der Waals surface area contributed by atoms with Crippen LogP contribution >= 0.6 is 11.3 Å². The number of ether oxygens (including phenoxy) is 2. The molecule has 3 heterocycles. The number of anilines is 1. The largest absolute Gasteiger partial charge is 0.495 e. The van der Waals surface area contributed by atoms with Crippen molar-refractivity contribution in [2.75, 3.05) is 25.6 Å². The normalized spacial score (nSPS) is 22.0. The van der Waals surface area contributed by atoms with Gasteiger partial charge in [-0.25, -0.2) is 14.8 Å². The van der Waals surface area contributed by atoms with E-state index in [1.807, 2.05) is 42.4 Å². The second-order valence-electron chi connectivity index (χ2n) is 12.4. The van der Waals surface area contributed by atoms with E-state index in [9.17, 15) is 9.59 Å². The molecule has 0 saturated heterocycles. The van der Waals surface area contributed by atoms with Crippen molar-refractivity contribution in [3.8, 4) is 16.2 Å². The highest BCUT2D eigenvalue weighted by Gasteiger charge is 2.34. The Kier molecular flexibility index (Phi) is 10.5. The fourth-order valence-electron chi connectivity index (χ4n) is 6.47. The van der Waals surface area contributed by atoms with Crippen LogP contribution in [0.2, 0.25) is 0 Å². The van der Waals surface area contributed by atoms with Crippen LogP contribution in [0.4, 0.5) is 10.6 Å². The number of aromatic nitrogens is 3. The topological polar surface area (TPSA) is 107 Å². The first kappa shape index (κ1) is 31.9. The third-order valence-corrected chi connectivity index (χ3v) is 10.4.